The van der Waals surface area contributed by atoms with Crippen molar-refractivity contribution in [2.75, 3.05) is 32.1 Å². The van der Waals surface area contributed by atoms with E-state index in [1.165, 1.54) is 24.3 Å². The molecule has 1 aromatic carbocycles. The molecule has 44 heavy (non-hydrogen) atoms. The van der Waals surface area contributed by atoms with E-state index in [4.69, 9.17) is 0 Å². The van der Waals surface area contributed by atoms with Gasteiger partial charge in [0.05, 0.1) is 4.88 Å². The van der Waals surface area contributed by atoms with E-state index in [1.54, 1.807) is 11.1 Å². The largest absolute Gasteiger partial charge is 0.363 e. The van der Waals surface area contributed by atoms with E-state index in [2.05, 4.69) is 10.3 Å². The Kier molecular flexibility index (Phi) is 8.25. The lowest BCUT2D eigenvalue weighted by molar-refractivity contribution is -0.148. The molecule has 0 saturated carbocycles. The summed E-state index contributed by atoms with van der Waals surface area (Å²) >= 11 is 1.15. The molecule has 3 saturated heterocycles. The first-order chi connectivity index (χ1) is 20.9. The molecule has 5 heterocycles. The van der Waals surface area contributed by atoms with Gasteiger partial charge in [0.1, 0.15) is 17.9 Å². The molecule has 14 heteroatoms. The number of nitrogens with one attached hydrogen (secondary N) is 1. The molecule has 3 aliphatic rings. The second kappa shape index (κ2) is 11.8. The lowest BCUT2D eigenvalue weighted by atomic mass is 9.91. The van der Waals surface area contributed by atoms with Gasteiger partial charge in [0.25, 0.3) is 5.91 Å². The number of benzene rings is 1. The first-order valence-electron chi connectivity index (χ1n) is 14.7. The van der Waals surface area contributed by atoms with Crippen LogP contribution < -0.4 is 10.2 Å². The monoisotopic (exact) mass is 643 g/mol. The SMILES string of the molecule is CN(C)c1cc(C2CN(C(=O)[C@@H]3CC[C@@H]4CCC[C@H](NC(=O)c5cc6cc([C@@H](F)P(=O)(O)O)ccc6s5)C(=O)N43)C2)ccn1. The minimum atomic E-state index is -4.97. The summed E-state index contributed by atoms with van der Waals surface area (Å²) in [5.74, 6) is -2.13. The number of hydrogen-bond donors (Lipinski definition) is 3. The third-order valence-corrected chi connectivity index (χ3v) is 10.9. The summed E-state index contributed by atoms with van der Waals surface area (Å²) in [5, 5.41) is 3.34. The van der Waals surface area contributed by atoms with E-state index in [1.807, 2.05) is 36.0 Å². The van der Waals surface area contributed by atoms with E-state index >= 15 is 0 Å². The second-order valence-electron chi connectivity index (χ2n) is 12.1. The predicted molar refractivity (Wildman–Crippen MR) is 164 cm³/mol. The lowest BCUT2D eigenvalue weighted by Gasteiger charge is -2.42. The molecule has 3 aromatic rings. The zero-order chi connectivity index (χ0) is 31.3. The maximum Gasteiger partial charge on any atom is 0.363 e. The number of anilines is 1. The molecule has 4 atom stereocenters. The van der Waals surface area contributed by atoms with Gasteiger partial charge in [-0.15, -0.1) is 11.3 Å². The zero-order valence-electron chi connectivity index (χ0n) is 24.4. The van der Waals surface area contributed by atoms with Gasteiger partial charge in [-0.3, -0.25) is 18.9 Å². The molecule has 6 rings (SSSR count). The Morgan fingerprint density at radius 3 is 2.61 bits per heavy atom. The van der Waals surface area contributed by atoms with Crippen molar-refractivity contribution in [1.29, 1.82) is 0 Å². The van der Waals surface area contributed by atoms with Gasteiger partial charge in [-0.2, -0.15) is 0 Å². The number of nitrogens with zero attached hydrogens (tertiary/aromatic N) is 4. The maximum atomic E-state index is 14.2. The minimum absolute atomic E-state index is 0.0382. The van der Waals surface area contributed by atoms with Gasteiger partial charge in [-0.25, -0.2) is 9.37 Å². The fourth-order valence-corrected chi connectivity index (χ4v) is 7.99. The Labute approximate surface area is 258 Å². The second-order valence-corrected chi connectivity index (χ2v) is 14.8. The van der Waals surface area contributed by atoms with Crippen LogP contribution >= 0.6 is 18.9 Å². The fraction of sp³-hybridized carbons (Fsp3) is 0.467. The summed E-state index contributed by atoms with van der Waals surface area (Å²) in [7, 11) is -1.10. The first kappa shape index (κ1) is 30.6. The highest BCUT2D eigenvalue weighted by Crippen LogP contribution is 2.53. The Balaban J connectivity index is 1.12. The van der Waals surface area contributed by atoms with Crippen LogP contribution in [0, 0.1) is 0 Å². The van der Waals surface area contributed by atoms with E-state index < -0.39 is 31.5 Å². The molecule has 11 nitrogen and oxygen atoms in total. The van der Waals surface area contributed by atoms with Gasteiger partial charge in [0, 0.05) is 50.0 Å². The highest BCUT2D eigenvalue weighted by molar-refractivity contribution is 7.51. The number of likely N-dealkylation sites (tertiary alicyclic amines) is 1. The summed E-state index contributed by atoms with van der Waals surface area (Å²) < 4.78 is 26.2. The topological polar surface area (TPSA) is 143 Å². The molecular formula is C30H35FN5O6PS. The van der Waals surface area contributed by atoms with Crippen molar-refractivity contribution in [2.24, 2.45) is 0 Å². The maximum absolute atomic E-state index is 14.2. The highest BCUT2D eigenvalue weighted by Gasteiger charge is 2.47. The van der Waals surface area contributed by atoms with Crippen LogP contribution in [0.25, 0.3) is 10.1 Å². The molecular weight excluding hydrogens is 608 g/mol. The normalized spacial score (nSPS) is 23.2. The highest BCUT2D eigenvalue weighted by atomic mass is 32.1. The standard InChI is InChI=1S/C30H35FN5O6PS/c1-34(2)26-14-17(10-11-32-26)20-15-35(16-20)30(39)23-8-7-21-4-3-5-22(29(38)36(21)23)33-28(37)25-13-19-12-18(6-9-24(19)44-25)27(31)43(40,41)42/h6,9-14,20-23,27H,3-5,7-8,15-16H2,1-2H3,(H,33,37)(H2,40,41,42)/t21-,22-,23-,27-/m0/s1. The van der Waals surface area contributed by atoms with Crippen molar-refractivity contribution in [3.8, 4) is 0 Å². The van der Waals surface area contributed by atoms with Crippen LogP contribution in [0.15, 0.2) is 42.6 Å². The van der Waals surface area contributed by atoms with Crippen LogP contribution in [-0.4, -0.2) is 87.6 Å². The zero-order valence-corrected chi connectivity index (χ0v) is 26.1. The van der Waals surface area contributed by atoms with E-state index in [0.29, 0.717) is 40.9 Å². The molecule has 3 fully saturated rings. The van der Waals surface area contributed by atoms with Gasteiger partial charge >= 0.3 is 7.60 Å². The third-order valence-electron chi connectivity index (χ3n) is 8.90. The summed E-state index contributed by atoms with van der Waals surface area (Å²) in [4.78, 5) is 69.3. The number of rotatable bonds is 7. The van der Waals surface area contributed by atoms with Gasteiger partial charge in [-0.05, 0) is 78.9 Å². The number of halogens is 1. The van der Waals surface area contributed by atoms with Crippen LogP contribution in [0.4, 0.5) is 10.2 Å². The summed E-state index contributed by atoms with van der Waals surface area (Å²) in [5.41, 5.74) is 0.965. The Morgan fingerprint density at radius 2 is 1.89 bits per heavy atom. The quantitative estimate of drug-likeness (QED) is 0.330. The number of alkyl halides is 1. The van der Waals surface area contributed by atoms with Crippen molar-refractivity contribution in [3.05, 3.63) is 58.6 Å². The summed E-state index contributed by atoms with van der Waals surface area (Å²) in [6.07, 6.45) is 5.09. The molecule has 3 N–H and O–H groups in total. The molecule has 0 bridgehead atoms. The molecule has 0 spiro atoms. The molecule has 234 valence electrons. The molecule has 0 unspecified atom stereocenters. The van der Waals surface area contributed by atoms with Crippen LogP contribution in [0.2, 0.25) is 0 Å². The average Bonchev–Trinajstić information content (AvgIpc) is 3.55. The third kappa shape index (κ3) is 5.85. The van der Waals surface area contributed by atoms with Crippen molar-refractivity contribution in [3.63, 3.8) is 0 Å². The van der Waals surface area contributed by atoms with Gasteiger partial charge < -0.3 is 29.8 Å². The number of hydrogen-bond acceptors (Lipinski definition) is 7. The lowest BCUT2D eigenvalue weighted by Crippen LogP contribution is -2.58. The van der Waals surface area contributed by atoms with Gasteiger partial charge in [0.2, 0.25) is 17.7 Å². The van der Waals surface area contributed by atoms with E-state index in [0.717, 1.165) is 42.0 Å². The smallest absolute Gasteiger partial charge is 0.363 e. The van der Waals surface area contributed by atoms with Crippen LogP contribution in [0.5, 0.6) is 0 Å². The fourth-order valence-electron chi connectivity index (χ4n) is 6.50. The van der Waals surface area contributed by atoms with Crippen molar-refractivity contribution >= 4 is 52.6 Å². The Morgan fingerprint density at radius 1 is 1.11 bits per heavy atom. The van der Waals surface area contributed by atoms with Crippen LogP contribution in [-0.2, 0) is 14.2 Å². The predicted octanol–water partition coefficient (Wildman–Crippen LogP) is 3.78. The number of thiophene rings is 1. The summed E-state index contributed by atoms with van der Waals surface area (Å²) in [6.45, 7) is 1.17. The number of carbonyl (C=O) groups is 3. The van der Waals surface area contributed by atoms with Gasteiger partial charge in [0.15, 0.2) is 0 Å². The van der Waals surface area contributed by atoms with Crippen LogP contribution in [0.1, 0.15) is 64.7 Å². The van der Waals surface area contributed by atoms with Crippen molar-refractivity contribution in [1.82, 2.24) is 20.1 Å². The Hall–Kier alpha value is -3.38. The van der Waals surface area contributed by atoms with Crippen LogP contribution in [0.3, 0.4) is 0 Å². The number of aromatic nitrogens is 1. The molecule has 3 aliphatic heterocycles. The number of pyridine rings is 1. The first-order valence-corrected chi connectivity index (χ1v) is 17.2. The molecule has 0 aliphatic carbocycles. The minimum Gasteiger partial charge on any atom is -0.363 e. The molecule has 3 amide bonds. The number of amides is 3. The van der Waals surface area contributed by atoms with Crippen molar-refractivity contribution in [2.45, 2.75) is 62.1 Å². The van der Waals surface area contributed by atoms with Gasteiger partial charge in [-0.1, -0.05) is 6.07 Å². The van der Waals surface area contributed by atoms with E-state index in [9.17, 15) is 33.1 Å². The van der Waals surface area contributed by atoms with Crippen molar-refractivity contribution < 1.29 is 33.1 Å². The molecule has 2 aromatic heterocycles. The van der Waals surface area contributed by atoms with E-state index in [-0.39, 0.29) is 29.3 Å². The number of fused-ring (bicyclic) bond motifs is 2. The Bertz CT molecular complexity index is 1660. The summed E-state index contributed by atoms with van der Waals surface area (Å²) in [6, 6.07) is 8.32. The number of carbonyl (C=O) groups excluding carboxylic acids is 3. The molecule has 0 radical (unpaired) electrons. The average molecular weight is 644 g/mol.